The zero-order valence-electron chi connectivity index (χ0n) is 11.5. The molecule has 2 N–H and O–H groups in total. The molecule has 0 aliphatic carbocycles. The monoisotopic (exact) mass is 246 g/mol. The van der Waals surface area contributed by atoms with Crippen LogP contribution in [0, 0.1) is 0 Å². The summed E-state index contributed by atoms with van der Waals surface area (Å²) < 4.78 is 0. The molecule has 0 spiro atoms. The van der Waals surface area contributed by atoms with Gasteiger partial charge in [-0.1, -0.05) is 31.9 Å². The quantitative estimate of drug-likeness (QED) is 0.719. The predicted molar refractivity (Wildman–Crippen MR) is 79.2 cm³/mol. The lowest BCUT2D eigenvalue weighted by Gasteiger charge is -2.13. The fraction of sp³-hybridized carbons (Fsp3) is 0.625. The third-order valence-electron chi connectivity index (χ3n) is 3.74. The molecule has 0 saturated carbocycles. The average Bonchev–Trinajstić information content (AvgIpc) is 2.91. The maximum Gasteiger partial charge on any atom is 0.0340 e. The molecule has 1 aromatic rings. The van der Waals surface area contributed by atoms with Crippen LogP contribution in [0.15, 0.2) is 24.3 Å². The Labute approximate surface area is 111 Å². The van der Waals surface area contributed by atoms with E-state index in [-0.39, 0.29) is 0 Å². The highest BCUT2D eigenvalue weighted by Crippen LogP contribution is 2.13. The Morgan fingerprint density at radius 2 is 2.06 bits per heavy atom. The fourth-order valence-corrected chi connectivity index (χ4v) is 2.54. The van der Waals surface area contributed by atoms with Crippen LogP contribution in [0.5, 0.6) is 0 Å². The average molecular weight is 246 g/mol. The van der Waals surface area contributed by atoms with Crippen LogP contribution in [0.3, 0.4) is 0 Å². The summed E-state index contributed by atoms with van der Waals surface area (Å²) in [5, 5.41) is 7.03. The first-order valence-electron chi connectivity index (χ1n) is 7.44. The lowest BCUT2D eigenvalue weighted by atomic mass is 10.1. The second-order valence-electron chi connectivity index (χ2n) is 5.33. The second-order valence-corrected chi connectivity index (χ2v) is 5.33. The van der Waals surface area contributed by atoms with Crippen LogP contribution in [0.4, 0.5) is 5.69 Å². The first-order chi connectivity index (χ1) is 8.88. The molecule has 1 aromatic carbocycles. The van der Waals surface area contributed by atoms with Crippen molar-refractivity contribution in [2.24, 2.45) is 0 Å². The summed E-state index contributed by atoms with van der Waals surface area (Å²) >= 11 is 0. The van der Waals surface area contributed by atoms with Crippen molar-refractivity contribution in [2.75, 3.05) is 18.4 Å². The molecule has 1 unspecified atom stereocenters. The summed E-state index contributed by atoms with van der Waals surface area (Å²) in [4.78, 5) is 0. The molecule has 2 heteroatoms. The Morgan fingerprint density at radius 1 is 1.22 bits per heavy atom. The Morgan fingerprint density at radius 3 is 2.72 bits per heavy atom. The van der Waals surface area contributed by atoms with Gasteiger partial charge in [0.15, 0.2) is 0 Å². The molecular weight excluding hydrogens is 220 g/mol. The highest BCUT2D eigenvalue weighted by Gasteiger charge is 2.12. The van der Waals surface area contributed by atoms with Crippen molar-refractivity contribution in [2.45, 2.75) is 51.5 Å². The van der Waals surface area contributed by atoms with E-state index in [1.165, 1.54) is 56.3 Å². The van der Waals surface area contributed by atoms with Crippen LogP contribution in [0.2, 0.25) is 0 Å². The zero-order chi connectivity index (χ0) is 12.6. The minimum Gasteiger partial charge on any atom is -0.383 e. The van der Waals surface area contributed by atoms with Gasteiger partial charge in [0.25, 0.3) is 0 Å². The van der Waals surface area contributed by atoms with Crippen molar-refractivity contribution >= 4 is 5.69 Å². The van der Waals surface area contributed by atoms with Gasteiger partial charge in [-0.05, 0) is 49.9 Å². The van der Waals surface area contributed by atoms with Crippen molar-refractivity contribution in [1.29, 1.82) is 0 Å². The molecule has 18 heavy (non-hydrogen) atoms. The van der Waals surface area contributed by atoms with E-state index >= 15 is 0 Å². The first-order valence-corrected chi connectivity index (χ1v) is 7.44. The molecular formula is C16H26N2. The number of aryl methyl sites for hydroxylation is 1. The standard InChI is InChI=1S/C16H26N2/c1-2-3-4-6-14-8-10-15(11-9-14)18-13-16-7-5-12-17-16/h8-11,16-18H,2-7,12-13H2,1H3. The number of rotatable bonds is 7. The Balaban J connectivity index is 1.72. The number of hydrogen-bond donors (Lipinski definition) is 2. The highest BCUT2D eigenvalue weighted by atomic mass is 15.0. The van der Waals surface area contributed by atoms with Crippen molar-refractivity contribution in [3.63, 3.8) is 0 Å². The Hall–Kier alpha value is -1.02. The molecule has 2 rings (SSSR count). The van der Waals surface area contributed by atoms with E-state index < -0.39 is 0 Å². The van der Waals surface area contributed by atoms with E-state index in [9.17, 15) is 0 Å². The zero-order valence-corrected chi connectivity index (χ0v) is 11.5. The lowest BCUT2D eigenvalue weighted by molar-refractivity contribution is 0.633. The topological polar surface area (TPSA) is 24.1 Å². The SMILES string of the molecule is CCCCCc1ccc(NCC2CCCN2)cc1. The number of unbranched alkanes of at least 4 members (excludes halogenated alkanes) is 2. The molecule has 1 fully saturated rings. The van der Waals surface area contributed by atoms with Gasteiger partial charge in [-0.3, -0.25) is 0 Å². The summed E-state index contributed by atoms with van der Waals surface area (Å²) in [6, 6.07) is 9.63. The summed E-state index contributed by atoms with van der Waals surface area (Å²) in [7, 11) is 0. The first kappa shape index (κ1) is 13.4. The number of anilines is 1. The van der Waals surface area contributed by atoms with Crippen molar-refractivity contribution < 1.29 is 0 Å². The van der Waals surface area contributed by atoms with E-state index in [4.69, 9.17) is 0 Å². The second kappa shape index (κ2) is 7.42. The number of hydrogen-bond acceptors (Lipinski definition) is 2. The third-order valence-corrected chi connectivity index (χ3v) is 3.74. The lowest BCUT2D eigenvalue weighted by Crippen LogP contribution is -2.29. The summed E-state index contributed by atoms with van der Waals surface area (Å²) in [5.74, 6) is 0. The van der Waals surface area contributed by atoms with E-state index in [1.54, 1.807) is 0 Å². The van der Waals surface area contributed by atoms with Gasteiger partial charge in [-0.2, -0.15) is 0 Å². The number of nitrogens with one attached hydrogen (secondary N) is 2. The summed E-state index contributed by atoms with van der Waals surface area (Å²) in [6.07, 6.45) is 7.81. The maximum atomic E-state index is 3.52. The predicted octanol–water partition coefficient (Wildman–Crippen LogP) is 3.58. The minimum atomic E-state index is 0.661. The van der Waals surface area contributed by atoms with E-state index in [1.807, 2.05) is 0 Å². The van der Waals surface area contributed by atoms with Crippen LogP contribution in [0.1, 0.15) is 44.6 Å². The van der Waals surface area contributed by atoms with Crippen molar-refractivity contribution in [3.8, 4) is 0 Å². The molecule has 0 radical (unpaired) electrons. The maximum absolute atomic E-state index is 3.52. The van der Waals surface area contributed by atoms with Crippen molar-refractivity contribution in [1.82, 2.24) is 5.32 Å². The molecule has 0 bridgehead atoms. The van der Waals surface area contributed by atoms with Gasteiger partial charge >= 0.3 is 0 Å². The molecule has 1 saturated heterocycles. The van der Waals surface area contributed by atoms with E-state index in [0.29, 0.717) is 6.04 Å². The highest BCUT2D eigenvalue weighted by molar-refractivity contribution is 5.44. The third kappa shape index (κ3) is 4.34. The molecule has 1 aliphatic rings. The van der Waals surface area contributed by atoms with Gasteiger partial charge in [-0.25, -0.2) is 0 Å². The molecule has 1 heterocycles. The fourth-order valence-electron chi connectivity index (χ4n) is 2.54. The van der Waals surface area contributed by atoms with E-state index in [0.717, 1.165) is 6.54 Å². The van der Waals surface area contributed by atoms with Crippen LogP contribution >= 0.6 is 0 Å². The van der Waals surface area contributed by atoms with Crippen LogP contribution < -0.4 is 10.6 Å². The Bertz CT molecular complexity index is 325. The van der Waals surface area contributed by atoms with Gasteiger partial charge < -0.3 is 10.6 Å². The van der Waals surface area contributed by atoms with Gasteiger partial charge in [-0.15, -0.1) is 0 Å². The number of benzene rings is 1. The summed E-state index contributed by atoms with van der Waals surface area (Å²) in [5.41, 5.74) is 2.72. The van der Waals surface area contributed by atoms with Gasteiger partial charge in [0.05, 0.1) is 0 Å². The van der Waals surface area contributed by atoms with Gasteiger partial charge in [0, 0.05) is 18.3 Å². The van der Waals surface area contributed by atoms with Crippen molar-refractivity contribution in [3.05, 3.63) is 29.8 Å². The van der Waals surface area contributed by atoms with Gasteiger partial charge in [0.2, 0.25) is 0 Å². The van der Waals surface area contributed by atoms with Gasteiger partial charge in [0.1, 0.15) is 0 Å². The largest absolute Gasteiger partial charge is 0.383 e. The van der Waals surface area contributed by atoms with Crippen LogP contribution in [0.25, 0.3) is 0 Å². The molecule has 0 amide bonds. The van der Waals surface area contributed by atoms with E-state index in [2.05, 4.69) is 41.8 Å². The van der Waals surface area contributed by atoms with Crippen LogP contribution in [-0.4, -0.2) is 19.1 Å². The smallest absolute Gasteiger partial charge is 0.0340 e. The molecule has 0 aromatic heterocycles. The molecule has 2 nitrogen and oxygen atoms in total. The minimum absolute atomic E-state index is 0.661. The van der Waals surface area contributed by atoms with Crippen LogP contribution in [-0.2, 0) is 6.42 Å². The molecule has 1 aliphatic heterocycles. The Kier molecular flexibility index (Phi) is 5.53. The summed E-state index contributed by atoms with van der Waals surface area (Å²) in [6.45, 7) is 4.49. The normalized spacial score (nSPS) is 19.1. The molecule has 100 valence electrons. The molecule has 1 atom stereocenters.